The van der Waals surface area contributed by atoms with Gasteiger partial charge in [0, 0.05) is 6.54 Å². The van der Waals surface area contributed by atoms with E-state index in [1.807, 2.05) is 6.92 Å². The Balaban J connectivity index is 2.54. The summed E-state index contributed by atoms with van der Waals surface area (Å²) in [6.45, 7) is 2.46. The molecule has 1 heterocycles. The molecule has 6 heteroatoms. The van der Waals surface area contributed by atoms with Gasteiger partial charge in [0.25, 0.3) is 0 Å². The number of anilines is 1. The van der Waals surface area contributed by atoms with E-state index in [0.29, 0.717) is 35.0 Å². The van der Waals surface area contributed by atoms with E-state index in [0.717, 1.165) is 0 Å². The van der Waals surface area contributed by atoms with Crippen LogP contribution in [0.5, 0.6) is 11.5 Å². The number of aryl methyl sites for hydroxylation is 1. The molecule has 1 aromatic heterocycles. The summed E-state index contributed by atoms with van der Waals surface area (Å²) in [5.74, 6) is 0.661. The predicted octanol–water partition coefficient (Wildman–Crippen LogP) is 1.73. The van der Waals surface area contributed by atoms with Crippen LogP contribution in [-0.2, 0) is 6.54 Å². The molecular formula is C14H17N3O3. The fourth-order valence-corrected chi connectivity index (χ4v) is 2.03. The molecule has 0 saturated carbocycles. The van der Waals surface area contributed by atoms with Crippen molar-refractivity contribution in [2.45, 2.75) is 13.5 Å². The number of hydrogen-bond donors (Lipinski definition) is 1. The second-order valence-electron chi connectivity index (χ2n) is 4.13. The monoisotopic (exact) mass is 275 g/mol. The number of nitrogen functional groups attached to an aromatic ring is 1. The lowest BCUT2D eigenvalue weighted by molar-refractivity contribution is 0.102. The zero-order valence-corrected chi connectivity index (χ0v) is 11.7. The molecular weight excluding hydrogens is 258 g/mol. The van der Waals surface area contributed by atoms with Gasteiger partial charge >= 0.3 is 0 Å². The van der Waals surface area contributed by atoms with Crippen LogP contribution in [-0.4, -0.2) is 29.8 Å². The maximum Gasteiger partial charge on any atom is 0.217 e. The van der Waals surface area contributed by atoms with Gasteiger partial charge in [-0.1, -0.05) is 6.07 Å². The van der Waals surface area contributed by atoms with Crippen molar-refractivity contribution >= 4 is 11.5 Å². The average Bonchev–Trinajstić information content (AvgIpc) is 2.89. The quantitative estimate of drug-likeness (QED) is 0.664. The molecule has 0 fully saturated rings. The molecule has 6 nitrogen and oxygen atoms in total. The van der Waals surface area contributed by atoms with Crippen LogP contribution in [0, 0.1) is 0 Å². The van der Waals surface area contributed by atoms with Crippen molar-refractivity contribution in [2.24, 2.45) is 0 Å². The fourth-order valence-electron chi connectivity index (χ4n) is 2.03. The summed E-state index contributed by atoms with van der Waals surface area (Å²) in [6.07, 6.45) is 1.52. The lowest BCUT2D eigenvalue weighted by Gasteiger charge is -2.11. The molecule has 0 saturated heterocycles. The van der Waals surface area contributed by atoms with Gasteiger partial charge in [-0.25, -0.2) is 0 Å². The second kappa shape index (κ2) is 5.64. The lowest BCUT2D eigenvalue weighted by atomic mass is 10.0. The maximum absolute atomic E-state index is 12.7. The van der Waals surface area contributed by atoms with Crippen molar-refractivity contribution in [2.75, 3.05) is 20.0 Å². The minimum absolute atomic E-state index is 0.238. The van der Waals surface area contributed by atoms with Crippen LogP contribution in [0.25, 0.3) is 0 Å². The third-order valence-corrected chi connectivity index (χ3v) is 3.07. The van der Waals surface area contributed by atoms with Crippen molar-refractivity contribution < 1.29 is 14.3 Å². The molecule has 0 bridgehead atoms. The molecule has 0 spiro atoms. The first-order valence-electron chi connectivity index (χ1n) is 6.21. The van der Waals surface area contributed by atoms with Crippen LogP contribution in [0.15, 0.2) is 24.4 Å². The second-order valence-corrected chi connectivity index (χ2v) is 4.13. The van der Waals surface area contributed by atoms with Gasteiger partial charge in [0.15, 0.2) is 11.4 Å². The summed E-state index contributed by atoms with van der Waals surface area (Å²) in [7, 11) is 3.01. The van der Waals surface area contributed by atoms with Crippen molar-refractivity contribution in [1.82, 2.24) is 9.78 Å². The Morgan fingerprint density at radius 3 is 2.60 bits per heavy atom. The van der Waals surface area contributed by atoms with Gasteiger partial charge in [-0.05, 0) is 19.1 Å². The predicted molar refractivity (Wildman–Crippen MR) is 75.3 cm³/mol. The van der Waals surface area contributed by atoms with Crippen molar-refractivity contribution in [3.63, 3.8) is 0 Å². The third kappa shape index (κ3) is 2.20. The van der Waals surface area contributed by atoms with Crippen LogP contribution in [0.3, 0.4) is 0 Å². The minimum Gasteiger partial charge on any atom is -0.495 e. The van der Waals surface area contributed by atoms with E-state index in [1.165, 1.54) is 20.4 Å². The van der Waals surface area contributed by atoms with Gasteiger partial charge in [0.2, 0.25) is 5.78 Å². The number of aromatic nitrogens is 2. The van der Waals surface area contributed by atoms with E-state index in [1.54, 1.807) is 22.9 Å². The number of ketones is 1. The summed E-state index contributed by atoms with van der Waals surface area (Å²) in [5, 5.41) is 4.12. The molecule has 106 valence electrons. The average molecular weight is 275 g/mol. The van der Waals surface area contributed by atoms with Gasteiger partial charge in [-0.2, -0.15) is 5.10 Å². The maximum atomic E-state index is 12.7. The lowest BCUT2D eigenvalue weighted by Crippen LogP contribution is -2.13. The van der Waals surface area contributed by atoms with Gasteiger partial charge < -0.3 is 15.2 Å². The summed E-state index contributed by atoms with van der Waals surface area (Å²) in [5.41, 5.74) is 7.04. The molecule has 2 aromatic rings. The normalized spacial score (nSPS) is 10.3. The molecule has 0 radical (unpaired) electrons. The van der Waals surface area contributed by atoms with Crippen LogP contribution >= 0.6 is 0 Å². The molecule has 0 amide bonds. The fraction of sp³-hybridized carbons (Fsp3) is 0.286. The molecule has 2 N–H and O–H groups in total. The minimum atomic E-state index is -0.238. The standard InChI is InChI=1S/C14H17N3O3/c1-4-17-13(11(20-3)8-16-17)14(18)9-6-5-7-10(19-2)12(9)15/h5-8H,4,15H2,1-3H3. The zero-order valence-electron chi connectivity index (χ0n) is 11.7. The number of benzene rings is 1. The molecule has 0 aliphatic rings. The first-order chi connectivity index (χ1) is 9.63. The van der Waals surface area contributed by atoms with Gasteiger partial charge in [0.05, 0.1) is 31.7 Å². The van der Waals surface area contributed by atoms with Crippen molar-refractivity contribution in [3.05, 3.63) is 35.7 Å². The van der Waals surface area contributed by atoms with E-state index in [9.17, 15) is 4.79 Å². The van der Waals surface area contributed by atoms with Crippen LogP contribution in [0.4, 0.5) is 5.69 Å². The van der Waals surface area contributed by atoms with Crippen LogP contribution in [0.2, 0.25) is 0 Å². The Labute approximate surface area is 117 Å². The number of ether oxygens (including phenoxy) is 2. The summed E-state index contributed by atoms with van der Waals surface area (Å²) in [4.78, 5) is 12.7. The molecule has 1 aromatic carbocycles. The number of carbonyl (C=O) groups is 1. The van der Waals surface area contributed by atoms with Gasteiger partial charge in [-0.15, -0.1) is 0 Å². The molecule has 0 unspecified atom stereocenters. The number of para-hydroxylation sites is 1. The highest BCUT2D eigenvalue weighted by atomic mass is 16.5. The van der Waals surface area contributed by atoms with E-state index in [-0.39, 0.29) is 5.78 Å². The van der Waals surface area contributed by atoms with Gasteiger partial charge in [0.1, 0.15) is 5.75 Å². The topological polar surface area (TPSA) is 79.4 Å². The van der Waals surface area contributed by atoms with E-state index < -0.39 is 0 Å². The summed E-state index contributed by atoms with van der Waals surface area (Å²) in [6, 6.07) is 5.09. The molecule has 0 aliphatic carbocycles. The Hall–Kier alpha value is -2.50. The third-order valence-electron chi connectivity index (χ3n) is 3.07. The first-order valence-corrected chi connectivity index (χ1v) is 6.21. The molecule has 2 rings (SSSR count). The SMILES string of the molecule is CCn1ncc(OC)c1C(=O)c1cccc(OC)c1N. The number of nitrogens with two attached hydrogens (primary N) is 1. The van der Waals surface area contributed by atoms with Crippen molar-refractivity contribution in [1.29, 1.82) is 0 Å². The number of nitrogens with zero attached hydrogens (tertiary/aromatic N) is 2. The molecule has 0 atom stereocenters. The van der Waals surface area contributed by atoms with Crippen LogP contribution in [0.1, 0.15) is 23.0 Å². The largest absolute Gasteiger partial charge is 0.495 e. The Morgan fingerprint density at radius 2 is 2.00 bits per heavy atom. The Morgan fingerprint density at radius 1 is 1.30 bits per heavy atom. The highest BCUT2D eigenvalue weighted by Crippen LogP contribution is 2.29. The zero-order chi connectivity index (χ0) is 14.7. The molecule has 20 heavy (non-hydrogen) atoms. The number of methoxy groups -OCH3 is 2. The number of rotatable bonds is 5. The first kappa shape index (κ1) is 13.9. The number of carbonyl (C=O) groups excluding carboxylic acids is 1. The van der Waals surface area contributed by atoms with Crippen LogP contribution < -0.4 is 15.2 Å². The molecule has 0 aliphatic heterocycles. The highest BCUT2D eigenvalue weighted by molar-refractivity contribution is 6.13. The van der Waals surface area contributed by atoms with E-state index in [2.05, 4.69) is 5.10 Å². The number of hydrogen-bond acceptors (Lipinski definition) is 5. The summed E-state index contributed by atoms with van der Waals surface area (Å²) < 4.78 is 11.9. The summed E-state index contributed by atoms with van der Waals surface area (Å²) >= 11 is 0. The van der Waals surface area contributed by atoms with E-state index >= 15 is 0 Å². The Bertz CT molecular complexity index is 613. The van der Waals surface area contributed by atoms with Crippen molar-refractivity contribution in [3.8, 4) is 11.5 Å². The van der Waals surface area contributed by atoms with Gasteiger partial charge in [-0.3, -0.25) is 9.48 Å². The smallest absolute Gasteiger partial charge is 0.217 e. The Kier molecular flexibility index (Phi) is 3.93. The highest BCUT2D eigenvalue weighted by Gasteiger charge is 2.23. The van der Waals surface area contributed by atoms with E-state index in [4.69, 9.17) is 15.2 Å².